The topological polar surface area (TPSA) is 78.8 Å². The molecule has 2 aliphatic rings. The van der Waals surface area contributed by atoms with Crippen molar-refractivity contribution in [1.82, 2.24) is 9.62 Å². The Labute approximate surface area is 144 Å². The Hall–Kier alpha value is -1.09. The molecule has 1 aromatic carbocycles. The van der Waals surface area contributed by atoms with E-state index in [1.165, 1.54) is 40.3 Å². The van der Waals surface area contributed by atoms with Crippen molar-refractivity contribution >= 4 is 44.5 Å². The molecule has 2 aliphatic heterocycles. The van der Waals surface area contributed by atoms with Crippen LogP contribution < -0.4 is 5.32 Å². The lowest BCUT2D eigenvalue weighted by atomic mass is 10.2. The summed E-state index contributed by atoms with van der Waals surface area (Å²) in [6.07, 6.45) is 1.17. The average Bonchev–Trinajstić information content (AvgIpc) is 3.19. The van der Waals surface area contributed by atoms with E-state index in [0.29, 0.717) is 36.1 Å². The van der Waals surface area contributed by atoms with E-state index in [9.17, 15) is 13.2 Å². The molecule has 124 valence electrons. The minimum Gasteiger partial charge on any atom is -0.304 e. The molecule has 0 aliphatic carbocycles. The first-order chi connectivity index (χ1) is 11.0. The zero-order valence-corrected chi connectivity index (χ0v) is 14.6. The molecule has 0 saturated carbocycles. The van der Waals surface area contributed by atoms with Gasteiger partial charge in [0.05, 0.1) is 11.4 Å². The van der Waals surface area contributed by atoms with Crippen LogP contribution in [0.2, 0.25) is 5.02 Å². The number of aliphatic imine (C=N–C) groups is 1. The van der Waals surface area contributed by atoms with E-state index in [-0.39, 0.29) is 10.8 Å². The molecule has 0 radical (unpaired) electrons. The number of hydrogen-bond acceptors (Lipinski definition) is 5. The second-order valence-corrected chi connectivity index (χ2v) is 8.66. The first kappa shape index (κ1) is 16.8. The number of amides is 1. The van der Waals surface area contributed by atoms with E-state index in [4.69, 9.17) is 11.6 Å². The number of rotatable bonds is 3. The van der Waals surface area contributed by atoms with Gasteiger partial charge in [-0.2, -0.15) is 4.31 Å². The molecule has 1 amide bonds. The van der Waals surface area contributed by atoms with Crippen LogP contribution in [0.4, 0.5) is 0 Å². The predicted molar refractivity (Wildman–Crippen MR) is 91.3 cm³/mol. The van der Waals surface area contributed by atoms with E-state index in [1.54, 1.807) is 0 Å². The van der Waals surface area contributed by atoms with Crippen LogP contribution in [0.15, 0.2) is 34.2 Å². The lowest BCUT2D eigenvalue weighted by molar-refractivity contribution is -0.122. The lowest BCUT2D eigenvalue weighted by Crippen LogP contribution is -2.46. The lowest BCUT2D eigenvalue weighted by Gasteiger charge is -2.23. The fourth-order valence-corrected chi connectivity index (χ4v) is 5.14. The normalized spacial score (nSPS) is 22.1. The summed E-state index contributed by atoms with van der Waals surface area (Å²) in [6.45, 7) is 1.01. The van der Waals surface area contributed by atoms with Gasteiger partial charge in [0, 0.05) is 17.3 Å². The number of nitrogens with one attached hydrogen (secondary N) is 1. The molecule has 9 heteroatoms. The molecule has 0 spiro atoms. The van der Waals surface area contributed by atoms with Gasteiger partial charge in [0.2, 0.25) is 15.9 Å². The number of hydrogen-bond donors (Lipinski definition) is 1. The maximum absolute atomic E-state index is 12.8. The molecule has 3 rings (SSSR count). The molecule has 23 heavy (non-hydrogen) atoms. The highest BCUT2D eigenvalue weighted by molar-refractivity contribution is 8.14. The highest BCUT2D eigenvalue weighted by Crippen LogP contribution is 2.27. The number of halogens is 1. The number of carbonyl (C=O) groups is 1. The molecular weight excluding hydrogens is 358 g/mol. The second-order valence-electron chi connectivity index (χ2n) is 5.25. The number of amidine groups is 1. The maximum Gasteiger partial charge on any atom is 0.244 e. The molecule has 1 unspecified atom stereocenters. The Morgan fingerprint density at radius 1 is 1.35 bits per heavy atom. The van der Waals surface area contributed by atoms with Crippen LogP contribution in [0.5, 0.6) is 0 Å². The summed E-state index contributed by atoms with van der Waals surface area (Å²) in [5.41, 5.74) is 0. The van der Waals surface area contributed by atoms with Gasteiger partial charge < -0.3 is 5.32 Å². The molecule has 1 fully saturated rings. The van der Waals surface area contributed by atoms with Gasteiger partial charge in [0.1, 0.15) is 6.04 Å². The van der Waals surface area contributed by atoms with Gasteiger partial charge in [-0.25, -0.2) is 8.42 Å². The van der Waals surface area contributed by atoms with Gasteiger partial charge in [-0.1, -0.05) is 23.4 Å². The summed E-state index contributed by atoms with van der Waals surface area (Å²) < 4.78 is 26.8. The van der Waals surface area contributed by atoms with Crippen molar-refractivity contribution in [2.24, 2.45) is 4.99 Å². The Bertz CT molecular complexity index is 734. The largest absolute Gasteiger partial charge is 0.304 e. The van der Waals surface area contributed by atoms with Crippen molar-refractivity contribution in [3.05, 3.63) is 29.3 Å². The Balaban J connectivity index is 1.80. The first-order valence-electron chi connectivity index (χ1n) is 7.24. The summed E-state index contributed by atoms with van der Waals surface area (Å²) in [5.74, 6) is 0.528. The Morgan fingerprint density at radius 2 is 2.09 bits per heavy atom. The zero-order valence-electron chi connectivity index (χ0n) is 12.2. The minimum absolute atomic E-state index is 0.147. The van der Waals surface area contributed by atoms with Crippen LogP contribution in [-0.4, -0.2) is 48.7 Å². The average molecular weight is 374 g/mol. The van der Waals surface area contributed by atoms with Gasteiger partial charge in [0.15, 0.2) is 5.17 Å². The third kappa shape index (κ3) is 3.55. The standard InChI is InChI=1S/C14H16ClN3O3S2/c15-10-3-5-11(6-4-10)23(20,21)18-8-1-2-12(18)13(19)17-14-16-7-9-22-14/h3-6,12H,1-2,7-9H2,(H,16,17,19). The van der Waals surface area contributed by atoms with Crippen LogP contribution in [-0.2, 0) is 14.8 Å². The van der Waals surface area contributed by atoms with E-state index in [0.717, 1.165) is 5.75 Å². The molecule has 1 N–H and O–H groups in total. The highest BCUT2D eigenvalue weighted by atomic mass is 35.5. The summed E-state index contributed by atoms with van der Waals surface area (Å²) in [6, 6.07) is 5.29. The van der Waals surface area contributed by atoms with Gasteiger partial charge in [0.25, 0.3) is 0 Å². The van der Waals surface area contributed by atoms with Crippen molar-refractivity contribution in [1.29, 1.82) is 0 Å². The van der Waals surface area contributed by atoms with E-state index in [1.807, 2.05) is 0 Å². The molecule has 1 atom stereocenters. The van der Waals surface area contributed by atoms with Crippen molar-refractivity contribution in [3.63, 3.8) is 0 Å². The van der Waals surface area contributed by atoms with Crippen molar-refractivity contribution in [2.75, 3.05) is 18.8 Å². The fraction of sp³-hybridized carbons (Fsp3) is 0.429. The number of thioether (sulfide) groups is 1. The van der Waals surface area contributed by atoms with Crippen molar-refractivity contribution in [2.45, 2.75) is 23.8 Å². The molecule has 1 aromatic rings. The molecule has 1 saturated heterocycles. The van der Waals surface area contributed by atoms with Gasteiger partial charge >= 0.3 is 0 Å². The molecule has 2 heterocycles. The SMILES string of the molecule is O=C(NC1=NCCS1)C1CCCN1S(=O)(=O)c1ccc(Cl)cc1. The second kappa shape index (κ2) is 6.80. The van der Waals surface area contributed by atoms with Gasteiger partial charge in [-0.05, 0) is 37.1 Å². The van der Waals surface area contributed by atoms with E-state index >= 15 is 0 Å². The van der Waals surface area contributed by atoms with Gasteiger partial charge in [-0.3, -0.25) is 9.79 Å². The smallest absolute Gasteiger partial charge is 0.244 e. The number of sulfonamides is 1. The molecular formula is C14H16ClN3O3S2. The summed E-state index contributed by atoms with van der Waals surface area (Å²) in [5, 5.41) is 3.77. The van der Waals surface area contributed by atoms with E-state index < -0.39 is 16.1 Å². The molecule has 6 nitrogen and oxygen atoms in total. The monoisotopic (exact) mass is 373 g/mol. The van der Waals surface area contributed by atoms with E-state index in [2.05, 4.69) is 10.3 Å². The molecule has 0 bridgehead atoms. The quantitative estimate of drug-likeness (QED) is 0.874. The molecule has 0 aromatic heterocycles. The highest BCUT2D eigenvalue weighted by Gasteiger charge is 2.39. The first-order valence-corrected chi connectivity index (χ1v) is 10.0. The third-order valence-corrected chi connectivity index (χ3v) is 6.81. The zero-order chi connectivity index (χ0) is 16.4. The summed E-state index contributed by atoms with van der Waals surface area (Å²) in [7, 11) is -3.72. The van der Waals surface area contributed by atoms with Crippen LogP contribution in [0, 0.1) is 0 Å². The Morgan fingerprint density at radius 3 is 2.74 bits per heavy atom. The summed E-state index contributed by atoms with van der Waals surface area (Å²) >= 11 is 7.28. The number of benzene rings is 1. The van der Waals surface area contributed by atoms with Crippen molar-refractivity contribution in [3.8, 4) is 0 Å². The van der Waals surface area contributed by atoms with Crippen LogP contribution in [0.1, 0.15) is 12.8 Å². The Kier molecular flexibility index (Phi) is 4.96. The maximum atomic E-state index is 12.8. The van der Waals surface area contributed by atoms with Crippen LogP contribution in [0.25, 0.3) is 0 Å². The van der Waals surface area contributed by atoms with Crippen molar-refractivity contribution < 1.29 is 13.2 Å². The number of carbonyl (C=O) groups excluding carboxylic acids is 1. The van der Waals surface area contributed by atoms with Crippen LogP contribution >= 0.6 is 23.4 Å². The third-order valence-electron chi connectivity index (χ3n) is 3.74. The van der Waals surface area contributed by atoms with Crippen LogP contribution in [0.3, 0.4) is 0 Å². The van der Waals surface area contributed by atoms with Gasteiger partial charge in [-0.15, -0.1) is 0 Å². The minimum atomic E-state index is -3.72. The summed E-state index contributed by atoms with van der Waals surface area (Å²) in [4.78, 5) is 16.7. The predicted octanol–water partition coefficient (Wildman–Crippen LogP) is 1.71. The number of nitrogens with zero attached hydrogens (tertiary/aromatic N) is 2. The fourth-order valence-electron chi connectivity index (χ4n) is 2.63.